The molecule has 1 saturated heterocycles. The Kier molecular flexibility index (Phi) is 5.39. The molecule has 0 aromatic heterocycles. The Hall–Kier alpha value is -2.28. The number of amides is 3. The van der Waals surface area contributed by atoms with E-state index in [9.17, 15) is 9.59 Å². The standard InChI is InChI=1S/C14H20N4O3/c15-11-1-3-12(4-2-11)17-14(20)16-6-5-13(19)18-7-9-21-10-8-18/h1-4H,5-10,15H2,(H2,16,17,20). The minimum Gasteiger partial charge on any atom is -0.399 e. The Morgan fingerprint density at radius 3 is 2.52 bits per heavy atom. The molecule has 7 heteroatoms. The highest BCUT2D eigenvalue weighted by Crippen LogP contribution is 2.09. The molecule has 1 heterocycles. The predicted molar refractivity (Wildman–Crippen MR) is 79.9 cm³/mol. The van der Waals surface area contributed by atoms with Crippen LogP contribution in [0.25, 0.3) is 0 Å². The molecule has 3 amide bonds. The summed E-state index contributed by atoms with van der Waals surface area (Å²) in [6, 6.07) is 6.51. The minimum absolute atomic E-state index is 0.0334. The number of nitrogen functional groups attached to an aromatic ring is 1. The third-order valence-electron chi connectivity index (χ3n) is 3.16. The van der Waals surface area contributed by atoms with Crippen molar-refractivity contribution in [1.29, 1.82) is 0 Å². The van der Waals surface area contributed by atoms with E-state index in [0.717, 1.165) is 0 Å². The van der Waals surface area contributed by atoms with Gasteiger partial charge in [-0.25, -0.2) is 4.79 Å². The van der Waals surface area contributed by atoms with E-state index >= 15 is 0 Å². The van der Waals surface area contributed by atoms with Gasteiger partial charge in [0.2, 0.25) is 5.91 Å². The number of nitrogens with zero attached hydrogens (tertiary/aromatic N) is 1. The largest absolute Gasteiger partial charge is 0.399 e. The first-order valence-electron chi connectivity index (χ1n) is 6.91. The smallest absolute Gasteiger partial charge is 0.319 e. The van der Waals surface area contributed by atoms with Crippen molar-refractivity contribution in [3.8, 4) is 0 Å². The second-order valence-electron chi connectivity index (χ2n) is 4.75. The molecule has 0 atom stereocenters. The average molecular weight is 292 g/mol. The summed E-state index contributed by atoms with van der Waals surface area (Å²) in [7, 11) is 0. The quantitative estimate of drug-likeness (QED) is 0.709. The Morgan fingerprint density at radius 1 is 1.19 bits per heavy atom. The molecule has 21 heavy (non-hydrogen) atoms. The summed E-state index contributed by atoms with van der Waals surface area (Å²) >= 11 is 0. The summed E-state index contributed by atoms with van der Waals surface area (Å²) in [5, 5.41) is 5.33. The molecule has 2 rings (SSSR count). The molecule has 0 aliphatic carbocycles. The number of anilines is 2. The summed E-state index contributed by atoms with van der Waals surface area (Å²) in [4.78, 5) is 25.3. The van der Waals surface area contributed by atoms with Crippen molar-refractivity contribution in [2.75, 3.05) is 43.9 Å². The van der Waals surface area contributed by atoms with Gasteiger partial charge in [-0.2, -0.15) is 0 Å². The van der Waals surface area contributed by atoms with Crippen molar-refractivity contribution in [3.05, 3.63) is 24.3 Å². The fourth-order valence-electron chi connectivity index (χ4n) is 2.00. The van der Waals surface area contributed by atoms with Gasteiger partial charge in [-0.1, -0.05) is 0 Å². The lowest BCUT2D eigenvalue weighted by atomic mass is 10.3. The van der Waals surface area contributed by atoms with Crippen molar-refractivity contribution >= 4 is 23.3 Å². The summed E-state index contributed by atoms with van der Waals surface area (Å²) < 4.78 is 5.18. The van der Waals surface area contributed by atoms with E-state index in [4.69, 9.17) is 10.5 Å². The summed E-state index contributed by atoms with van der Waals surface area (Å²) in [6.07, 6.45) is 0.287. The number of urea groups is 1. The van der Waals surface area contributed by atoms with Crippen molar-refractivity contribution in [2.24, 2.45) is 0 Å². The zero-order valence-electron chi connectivity index (χ0n) is 11.8. The lowest BCUT2D eigenvalue weighted by Crippen LogP contribution is -2.42. The number of carbonyl (C=O) groups excluding carboxylic acids is 2. The van der Waals surface area contributed by atoms with E-state index in [1.807, 2.05) is 0 Å². The molecule has 1 aromatic carbocycles. The van der Waals surface area contributed by atoms with Crippen molar-refractivity contribution in [3.63, 3.8) is 0 Å². The molecular weight excluding hydrogens is 272 g/mol. The van der Waals surface area contributed by atoms with Crippen LogP contribution >= 0.6 is 0 Å². The first-order valence-corrected chi connectivity index (χ1v) is 6.91. The topological polar surface area (TPSA) is 96.7 Å². The Bertz CT molecular complexity index is 483. The van der Waals surface area contributed by atoms with Crippen LogP contribution in [0.15, 0.2) is 24.3 Å². The molecule has 1 aliphatic rings. The molecule has 7 nitrogen and oxygen atoms in total. The molecule has 4 N–H and O–H groups in total. The Labute approximate surface area is 123 Å². The number of morpholine rings is 1. The first-order chi connectivity index (χ1) is 10.1. The summed E-state index contributed by atoms with van der Waals surface area (Å²) in [5.74, 6) is 0.0334. The van der Waals surface area contributed by atoms with E-state index in [1.54, 1.807) is 29.2 Å². The Morgan fingerprint density at radius 2 is 1.86 bits per heavy atom. The maximum Gasteiger partial charge on any atom is 0.319 e. The number of nitrogens with one attached hydrogen (secondary N) is 2. The van der Waals surface area contributed by atoms with E-state index in [2.05, 4.69) is 10.6 Å². The maximum atomic E-state index is 11.9. The van der Waals surface area contributed by atoms with Gasteiger partial charge < -0.3 is 26.0 Å². The lowest BCUT2D eigenvalue weighted by Gasteiger charge is -2.26. The van der Waals surface area contributed by atoms with Crippen LogP contribution in [0.4, 0.5) is 16.2 Å². The van der Waals surface area contributed by atoms with Gasteiger partial charge in [-0.3, -0.25) is 4.79 Å². The molecule has 114 valence electrons. The fourth-order valence-corrected chi connectivity index (χ4v) is 2.00. The summed E-state index contributed by atoms with van der Waals surface area (Å²) in [5.41, 5.74) is 6.85. The average Bonchev–Trinajstić information content (AvgIpc) is 2.50. The van der Waals surface area contributed by atoms with E-state index < -0.39 is 0 Å². The number of ether oxygens (including phenoxy) is 1. The lowest BCUT2D eigenvalue weighted by molar-refractivity contribution is -0.135. The Balaban J connectivity index is 1.66. The van der Waals surface area contributed by atoms with Gasteiger partial charge in [-0.05, 0) is 24.3 Å². The van der Waals surface area contributed by atoms with Crippen LogP contribution in [0.5, 0.6) is 0 Å². The van der Waals surface area contributed by atoms with Crippen LogP contribution in [0.1, 0.15) is 6.42 Å². The number of benzene rings is 1. The van der Waals surface area contributed by atoms with Gasteiger partial charge in [0.25, 0.3) is 0 Å². The molecule has 0 spiro atoms. The SMILES string of the molecule is Nc1ccc(NC(=O)NCCC(=O)N2CCOCC2)cc1. The highest BCUT2D eigenvalue weighted by atomic mass is 16.5. The fraction of sp³-hybridized carbons (Fsp3) is 0.429. The third kappa shape index (κ3) is 4.96. The van der Waals surface area contributed by atoms with Gasteiger partial charge in [-0.15, -0.1) is 0 Å². The van der Waals surface area contributed by atoms with Gasteiger partial charge in [0.15, 0.2) is 0 Å². The van der Waals surface area contributed by atoms with Gasteiger partial charge >= 0.3 is 6.03 Å². The summed E-state index contributed by atoms with van der Waals surface area (Å²) in [6.45, 7) is 2.71. The normalized spacial score (nSPS) is 14.6. The second-order valence-corrected chi connectivity index (χ2v) is 4.75. The van der Waals surface area contributed by atoms with Crippen LogP contribution in [0.2, 0.25) is 0 Å². The number of rotatable bonds is 4. The molecule has 1 aromatic rings. The maximum absolute atomic E-state index is 11.9. The molecule has 1 aliphatic heterocycles. The highest BCUT2D eigenvalue weighted by Gasteiger charge is 2.16. The van der Waals surface area contributed by atoms with Gasteiger partial charge in [0, 0.05) is 37.4 Å². The number of hydrogen-bond acceptors (Lipinski definition) is 4. The predicted octanol–water partition coefficient (Wildman–Crippen LogP) is 0.639. The third-order valence-corrected chi connectivity index (χ3v) is 3.16. The first kappa shape index (κ1) is 15.1. The van der Waals surface area contributed by atoms with Crippen molar-refractivity contribution in [1.82, 2.24) is 10.2 Å². The second kappa shape index (κ2) is 7.49. The zero-order chi connectivity index (χ0) is 15.1. The number of nitrogens with two attached hydrogens (primary N) is 1. The molecule has 1 fully saturated rings. The molecule has 0 saturated carbocycles. The van der Waals surface area contributed by atoms with Gasteiger partial charge in [0.1, 0.15) is 0 Å². The molecular formula is C14H20N4O3. The van der Waals surface area contributed by atoms with Crippen LogP contribution in [0, 0.1) is 0 Å². The monoisotopic (exact) mass is 292 g/mol. The van der Waals surface area contributed by atoms with Gasteiger partial charge in [0.05, 0.1) is 13.2 Å². The highest BCUT2D eigenvalue weighted by molar-refractivity contribution is 5.89. The van der Waals surface area contributed by atoms with E-state index in [0.29, 0.717) is 44.2 Å². The molecule has 0 radical (unpaired) electrons. The minimum atomic E-state index is -0.338. The van der Waals surface area contributed by atoms with E-state index in [1.165, 1.54) is 0 Å². The zero-order valence-corrected chi connectivity index (χ0v) is 11.8. The number of carbonyl (C=O) groups is 2. The molecule has 0 bridgehead atoms. The van der Waals surface area contributed by atoms with Crippen LogP contribution < -0.4 is 16.4 Å². The molecule has 0 unspecified atom stereocenters. The van der Waals surface area contributed by atoms with Crippen LogP contribution in [0.3, 0.4) is 0 Å². The van der Waals surface area contributed by atoms with Crippen molar-refractivity contribution < 1.29 is 14.3 Å². The van der Waals surface area contributed by atoms with Crippen LogP contribution in [-0.4, -0.2) is 49.7 Å². The van der Waals surface area contributed by atoms with E-state index in [-0.39, 0.29) is 18.4 Å². The number of hydrogen-bond donors (Lipinski definition) is 3. The van der Waals surface area contributed by atoms with Crippen molar-refractivity contribution in [2.45, 2.75) is 6.42 Å². The van der Waals surface area contributed by atoms with Crippen LogP contribution in [-0.2, 0) is 9.53 Å².